The van der Waals surface area contributed by atoms with Crippen molar-refractivity contribution in [3.63, 3.8) is 0 Å². The molecule has 72 heavy (non-hydrogen) atoms. The van der Waals surface area contributed by atoms with E-state index in [9.17, 15) is 0 Å². The number of rotatable bonds is 10. The number of nitrogens with zero attached hydrogens (tertiary/aromatic N) is 1. The van der Waals surface area contributed by atoms with Crippen molar-refractivity contribution in [1.82, 2.24) is 0 Å². The number of hydrogen-bond donors (Lipinski definition) is 0. The molecule has 2 heteroatoms. The second-order valence-corrected chi connectivity index (χ2v) is 18.4. The normalized spacial score (nSPS) is 11.3. The highest BCUT2D eigenvalue weighted by Gasteiger charge is 2.17. The molecule has 0 aliphatic rings. The van der Waals surface area contributed by atoms with E-state index in [0.717, 1.165) is 67.2 Å². The number of anilines is 3. The molecule has 338 valence electrons. The largest absolute Gasteiger partial charge is 0.456 e. The summed E-state index contributed by atoms with van der Waals surface area (Å²) in [6.45, 7) is 0. The van der Waals surface area contributed by atoms with E-state index in [1.807, 2.05) is 18.2 Å². The van der Waals surface area contributed by atoms with E-state index in [1.54, 1.807) is 0 Å². The SMILES string of the molecule is c1ccc(-c2ccccc2-c2ccccc2-c2ccc(N(c3ccc(-c4ccc(-c5cccc(-c6cc7ccccc7o6)c5)cc4)cc3)c3ccc(-c4cc5ccccc5c5ccccc45)cc3)cc2)cc1. The molecule has 0 spiro atoms. The van der Waals surface area contributed by atoms with E-state index in [4.69, 9.17) is 4.42 Å². The lowest BCUT2D eigenvalue weighted by molar-refractivity contribution is 0.631. The van der Waals surface area contributed by atoms with Crippen LogP contribution in [0.4, 0.5) is 17.1 Å². The van der Waals surface area contributed by atoms with Crippen LogP contribution in [0.1, 0.15) is 0 Å². The smallest absolute Gasteiger partial charge is 0.135 e. The summed E-state index contributed by atoms with van der Waals surface area (Å²) in [6, 6.07) is 103. The standard InChI is InChI=1S/C70H47NO/c1-2-15-51(16-3-1)61-21-7-9-24-64(61)65-25-10-8-22-62(65)52-35-41-59(42-36-52)71(60-43-37-53(38-44-60)68-46-55-17-4-6-23-63(55)66-26-11-12-27-67(66)68)58-39-33-49(34-40-58)48-29-31-50(32-30-48)54-19-14-20-56(45-54)70-47-57-18-5-13-28-69(57)72-70/h1-47H. The van der Waals surface area contributed by atoms with Crippen molar-refractivity contribution < 1.29 is 4.42 Å². The maximum absolute atomic E-state index is 6.21. The summed E-state index contributed by atoms with van der Waals surface area (Å²) in [5.74, 6) is 0.875. The quantitative estimate of drug-likeness (QED) is 0.127. The van der Waals surface area contributed by atoms with Crippen molar-refractivity contribution in [2.75, 3.05) is 4.90 Å². The Kier molecular flexibility index (Phi) is 10.9. The Morgan fingerprint density at radius 1 is 0.222 bits per heavy atom. The molecular weight excluding hydrogens is 871 g/mol. The minimum atomic E-state index is 0.875. The van der Waals surface area contributed by atoms with E-state index in [-0.39, 0.29) is 0 Å². The van der Waals surface area contributed by atoms with Crippen molar-refractivity contribution in [2.24, 2.45) is 0 Å². The molecule has 0 unspecified atom stereocenters. The Hall–Kier alpha value is -9.50. The van der Waals surface area contributed by atoms with Gasteiger partial charge >= 0.3 is 0 Å². The van der Waals surface area contributed by atoms with Crippen LogP contribution in [-0.2, 0) is 0 Å². The molecule has 2 nitrogen and oxygen atoms in total. The molecule has 0 amide bonds. The molecule has 13 rings (SSSR count). The highest BCUT2D eigenvalue weighted by atomic mass is 16.3. The summed E-state index contributed by atoms with van der Waals surface area (Å²) < 4.78 is 6.21. The third kappa shape index (κ3) is 8.01. The van der Waals surface area contributed by atoms with Crippen LogP contribution < -0.4 is 4.90 Å². The monoisotopic (exact) mass is 917 g/mol. The molecule has 0 atom stereocenters. The van der Waals surface area contributed by atoms with Gasteiger partial charge in [0.25, 0.3) is 0 Å². The predicted octanol–water partition coefficient (Wildman–Crippen LogP) is 19.9. The van der Waals surface area contributed by atoms with E-state index in [1.165, 1.54) is 60.5 Å². The molecule has 0 N–H and O–H groups in total. The van der Waals surface area contributed by atoms with Crippen LogP contribution in [0.25, 0.3) is 111 Å². The van der Waals surface area contributed by atoms with Crippen LogP contribution >= 0.6 is 0 Å². The Morgan fingerprint density at radius 3 is 1.25 bits per heavy atom. The first-order valence-corrected chi connectivity index (χ1v) is 24.6. The fourth-order valence-corrected chi connectivity index (χ4v) is 10.5. The molecule has 1 aromatic heterocycles. The van der Waals surface area contributed by atoms with Gasteiger partial charge in [-0.1, -0.05) is 224 Å². The fourth-order valence-electron chi connectivity index (χ4n) is 10.5. The summed E-state index contributed by atoms with van der Waals surface area (Å²) in [7, 11) is 0. The third-order valence-corrected chi connectivity index (χ3v) is 14.1. The molecule has 13 aromatic rings. The van der Waals surface area contributed by atoms with Crippen LogP contribution in [0.15, 0.2) is 290 Å². The van der Waals surface area contributed by atoms with Gasteiger partial charge in [0.1, 0.15) is 11.3 Å². The second-order valence-electron chi connectivity index (χ2n) is 18.4. The number of para-hydroxylation sites is 1. The molecule has 1 heterocycles. The van der Waals surface area contributed by atoms with Gasteiger partial charge in [-0.2, -0.15) is 0 Å². The molecule has 0 fully saturated rings. The Labute approximate surface area is 420 Å². The fraction of sp³-hybridized carbons (Fsp3) is 0. The predicted molar refractivity (Wildman–Crippen MR) is 304 cm³/mol. The Bertz CT molecular complexity index is 4020. The van der Waals surface area contributed by atoms with Crippen molar-refractivity contribution >= 4 is 49.6 Å². The molecular formula is C70H47NO. The molecule has 0 saturated heterocycles. The molecule has 0 aliphatic carbocycles. The summed E-state index contributed by atoms with van der Waals surface area (Å²) in [5, 5.41) is 6.14. The summed E-state index contributed by atoms with van der Waals surface area (Å²) in [6.07, 6.45) is 0. The maximum atomic E-state index is 6.21. The average molecular weight is 918 g/mol. The van der Waals surface area contributed by atoms with Gasteiger partial charge in [0, 0.05) is 28.0 Å². The minimum absolute atomic E-state index is 0.875. The molecule has 0 saturated carbocycles. The molecule has 12 aromatic carbocycles. The van der Waals surface area contributed by atoms with Gasteiger partial charge in [-0.25, -0.2) is 0 Å². The van der Waals surface area contributed by atoms with E-state index in [2.05, 4.69) is 272 Å². The number of benzene rings is 12. The number of furan rings is 1. The first-order chi connectivity index (χ1) is 35.7. The highest BCUT2D eigenvalue weighted by Crippen LogP contribution is 2.43. The lowest BCUT2D eigenvalue weighted by Crippen LogP contribution is -2.09. The van der Waals surface area contributed by atoms with Crippen molar-refractivity contribution in [2.45, 2.75) is 0 Å². The van der Waals surface area contributed by atoms with Gasteiger partial charge < -0.3 is 9.32 Å². The molecule has 0 radical (unpaired) electrons. The second kappa shape index (κ2) is 18.4. The van der Waals surface area contributed by atoms with E-state index < -0.39 is 0 Å². The first-order valence-electron chi connectivity index (χ1n) is 24.6. The summed E-state index contributed by atoms with van der Waals surface area (Å²) >= 11 is 0. The van der Waals surface area contributed by atoms with Gasteiger partial charge in [-0.15, -0.1) is 0 Å². The van der Waals surface area contributed by atoms with Gasteiger partial charge in [0.2, 0.25) is 0 Å². The lowest BCUT2D eigenvalue weighted by Gasteiger charge is -2.26. The van der Waals surface area contributed by atoms with Crippen LogP contribution in [0.3, 0.4) is 0 Å². The topological polar surface area (TPSA) is 16.4 Å². The van der Waals surface area contributed by atoms with Crippen LogP contribution in [-0.4, -0.2) is 0 Å². The highest BCUT2D eigenvalue weighted by molar-refractivity contribution is 6.13. The first kappa shape index (κ1) is 42.6. The number of hydrogen-bond acceptors (Lipinski definition) is 2. The van der Waals surface area contributed by atoms with Gasteiger partial charge in [-0.3, -0.25) is 0 Å². The minimum Gasteiger partial charge on any atom is -0.456 e. The summed E-state index contributed by atoms with van der Waals surface area (Å²) in [5.41, 5.74) is 19.4. The number of fused-ring (bicyclic) bond motifs is 4. The van der Waals surface area contributed by atoms with Crippen LogP contribution in [0.2, 0.25) is 0 Å². The average Bonchev–Trinajstić information content (AvgIpc) is 3.91. The molecule has 0 aliphatic heterocycles. The zero-order valence-electron chi connectivity index (χ0n) is 39.5. The van der Waals surface area contributed by atoms with Gasteiger partial charge in [0.05, 0.1) is 0 Å². The van der Waals surface area contributed by atoms with Crippen molar-refractivity contribution in [3.8, 4) is 78.1 Å². The Balaban J connectivity index is 0.846. The van der Waals surface area contributed by atoms with Gasteiger partial charge in [0.15, 0.2) is 0 Å². The summed E-state index contributed by atoms with van der Waals surface area (Å²) in [4.78, 5) is 2.37. The Morgan fingerprint density at radius 2 is 0.639 bits per heavy atom. The third-order valence-electron chi connectivity index (χ3n) is 14.1. The van der Waals surface area contributed by atoms with Crippen molar-refractivity contribution in [3.05, 3.63) is 285 Å². The van der Waals surface area contributed by atoms with Crippen molar-refractivity contribution in [1.29, 1.82) is 0 Å². The van der Waals surface area contributed by atoms with E-state index >= 15 is 0 Å². The molecule has 0 bridgehead atoms. The lowest BCUT2D eigenvalue weighted by atomic mass is 9.89. The van der Waals surface area contributed by atoms with Crippen LogP contribution in [0, 0.1) is 0 Å². The zero-order chi connectivity index (χ0) is 47.8. The van der Waals surface area contributed by atoms with Crippen LogP contribution in [0.5, 0.6) is 0 Å². The van der Waals surface area contributed by atoms with E-state index in [0.29, 0.717) is 0 Å². The van der Waals surface area contributed by atoms with Gasteiger partial charge in [-0.05, 0) is 149 Å². The maximum Gasteiger partial charge on any atom is 0.135 e. The zero-order valence-corrected chi connectivity index (χ0v) is 39.5.